The van der Waals surface area contributed by atoms with E-state index in [2.05, 4.69) is 196 Å². The zero-order valence-electron chi connectivity index (χ0n) is 23.2. The van der Waals surface area contributed by atoms with Crippen molar-refractivity contribution in [2.75, 3.05) is 27.7 Å². The second-order valence-corrected chi connectivity index (χ2v) is 32.6. The van der Waals surface area contributed by atoms with Crippen molar-refractivity contribution in [3.63, 3.8) is 0 Å². The standard InChI is InChI=1S/C24H20B.C5H13NSe.C3H9ISe/c1-5-13-21(14-6-1)25(22-15-7-2-8-16-22,23-17-9-3-10-18-23)24-19-11-4-12-20-24;1-6(2,3)4-5-7;1-5(2,3)4/h1-20H;4-5H2,1-3H3;1-3H3/q-1;+1;. The topological polar surface area (TPSA) is 0 Å². The van der Waals surface area contributed by atoms with Crippen LogP contribution in [-0.4, -0.2) is 63.9 Å². The van der Waals surface area contributed by atoms with Gasteiger partial charge in [0.15, 0.2) is 0 Å². The summed E-state index contributed by atoms with van der Waals surface area (Å²) < 4.78 is 1.06. The molecule has 0 saturated carbocycles. The molecule has 0 amide bonds. The zero-order chi connectivity index (χ0) is 27.4. The maximum atomic E-state index is 2.98. The van der Waals surface area contributed by atoms with Gasteiger partial charge in [0.05, 0.1) is 0 Å². The van der Waals surface area contributed by atoms with Crippen LogP contribution in [0, 0.1) is 0 Å². The minimum Gasteiger partial charge on any atom is -0.195 e. The van der Waals surface area contributed by atoms with E-state index in [1.165, 1.54) is 28.4 Å². The van der Waals surface area contributed by atoms with Crippen molar-refractivity contribution in [1.29, 1.82) is 0 Å². The number of halogens is 1. The molecule has 0 fully saturated rings. The summed E-state index contributed by atoms with van der Waals surface area (Å²) in [4.78, 5) is 0. The Bertz CT molecular complexity index is 974. The number of rotatable bonds is 6. The van der Waals surface area contributed by atoms with Crippen LogP contribution in [0.25, 0.3) is 0 Å². The van der Waals surface area contributed by atoms with E-state index in [0.717, 1.165) is 9.80 Å². The van der Waals surface area contributed by atoms with Gasteiger partial charge in [-0.15, -0.1) is 0 Å². The van der Waals surface area contributed by atoms with Crippen LogP contribution in [0.5, 0.6) is 0 Å². The van der Waals surface area contributed by atoms with Crippen molar-refractivity contribution in [2.45, 2.75) is 22.8 Å². The molecule has 5 heteroatoms. The van der Waals surface area contributed by atoms with Crippen molar-refractivity contribution < 1.29 is 4.48 Å². The van der Waals surface area contributed by atoms with Crippen molar-refractivity contribution in [3.8, 4) is 0 Å². The molecule has 4 rings (SSSR count). The Morgan fingerprint density at radius 1 is 0.568 bits per heavy atom. The SMILES string of the molecule is C[N+](C)(C)CC[Se].C[Se](C)(C)I.c1ccc([B-](c2ccccc2)(c2ccccc2)c2ccccc2)cc1. The molecule has 0 saturated heterocycles. The fraction of sp³-hybridized carbons (Fsp3) is 0.250. The average Bonchev–Trinajstić information content (AvgIpc) is 2.86. The Morgan fingerprint density at radius 2 is 0.784 bits per heavy atom. The maximum absolute atomic E-state index is 2.98. The molecule has 0 atom stereocenters. The molecule has 0 heterocycles. The van der Waals surface area contributed by atoms with E-state index in [1.54, 1.807) is 0 Å². The molecule has 1 nitrogen and oxygen atoms in total. The van der Waals surface area contributed by atoms with E-state index in [4.69, 9.17) is 0 Å². The molecule has 0 bridgehead atoms. The Labute approximate surface area is 248 Å². The molecular weight excluding hydrogens is 694 g/mol. The van der Waals surface area contributed by atoms with Gasteiger partial charge >= 0.3 is 101 Å². The van der Waals surface area contributed by atoms with E-state index in [9.17, 15) is 0 Å². The quantitative estimate of drug-likeness (QED) is 0.138. The van der Waals surface area contributed by atoms with Gasteiger partial charge in [-0.05, 0) is 0 Å². The summed E-state index contributed by atoms with van der Waals surface area (Å²) >= 11 is 5.52. The maximum Gasteiger partial charge on any atom is 0.108 e. The molecule has 0 aliphatic carbocycles. The summed E-state index contributed by atoms with van der Waals surface area (Å²) in [5, 5.41) is 1.16. The average molecular weight is 736 g/mol. The first kappa shape index (κ1) is 31.9. The van der Waals surface area contributed by atoms with Crippen LogP contribution in [0.15, 0.2) is 121 Å². The van der Waals surface area contributed by atoms with E-state index in [0.29, 0.717) is 0 Å². The van der Waals surface area contributed by atoms with Gasteiger partial charge in [-0.1, -0.05) is 121 Å². The number of quaternary nitrogens is 1. The van der Waals surface area contributed by atoms with Gasteiger partial charge in [0.25, 0.3) is 0 Å². The van der Waals surface area contributed by atoms with E-state index < -0.39 is 15.7 Å². The van der Waals surface area contributed by atoms with Crippen LogP contribution in [0.1, 0.15) is 0 Å². The summed E-state index contributed by atoms with van der Waals surface area (Å²) in [6.45, 7) is 1.22. The Balaban J connectivity index is 0.000000337. The molecular formula is C32H42BINSe2. The summed E-state index contributed by atoms with van der Waals surface area (Å²) in [6.07, 6.45) is -1.22. The molecule has 37 heavy (non-hydrogen) atoms. The number of hydrogen-bond donors (Lipinski definition) is 0. The first-order valence-electron chi connectivity index (χ1n) is 12.6. The van der Waals surface area contributed by atoms with Crippen molar-refractivity contribution >= 4 is 73.9 Å². The van der Waals surface area contributed by atoms with E-state index in [1.807, 2.05) is 0 Å². The first-order valence-corrected chi connectivity index (χ1v) is 24.2. The summed E-state index contributed by atoms with van der Waals surface area (Å²) in [5.74, 6) is 6.99. The molecule has 0 aliphatic heterocycles. The number of nitrogens with zero attached hydrogens (tertiary/aromatic N) is 1. The third-order valence-corrected chi connectivity index (χ3v) is 6.34. The fourth-order valence-corrected chi connectivity index (χ4v) is 5.54. The van der Waals surface area contributed by atoms with Crippen LogP contribution in [0.3, 0.4) is 0 Å². The smallest absolute Gasteiger partial charge is 0.108 e. The van der Waals surface area contributed by atoms with Crippen LogP contribution in [-0.2, 0) is 0 Å². The Morgan fingerprint density at radius 3 is 0.919 bits per heavy atom. The molecule has 0 N–H and O–H groups in total. The van der Waals surface area contributed by atoms with Gasteiger partial charge in [-0.25, -0.2) is 0 Å². The van der Waals surface area contributed by atoms with Crippen LogP contribution >= 0.6 is 20.3 Å². The molecule has 0 unspecified atom stereocenters. The minimum absolute atomic E-state index is 0.780. The van der Waals surface area contributed by atoms with Gasteiger partial charge in [-0.2, -0.15) is 21.9 Å². The van der Waals surface area contributed by atoms with Crippen LogP contribution in [0.2, 0.25) is 22.8 Å². The molecule has 1 radical (unpaired) electrons. The Kier molecular flexibility index (Phi) is 13.2. The zero-order valence-corrected chi connectivity index (χ0v) is 28.8. The van der Waals surface area contributed by atoms with Crippen molar-refractivity contribution in [1.82, 2.24) is 0 Å². The van der Waals surface area contributed by atoms with Crippen molar-refractivity contribution in [3.05, 3.63) is 121 Å². The van der Waals surface area contributed by atoms with Gasteiger partial charge in [0.2, 0.25) is 0 Å². The number of benzene rings is 4. The van der Waals surface area contributed by atoms with Gasteiger partial charge < -0.3 is 0 Å². The van der Waals surface area contributed by atoms with Gasteiger partial charge in [0.1, 0.15) is 6.15 Å². The van der Waals surface area contributed by atoms with Crippen LogP contribution < -0.4 is 21.9 Å². The van der Waals surface area contributed by atoms with Crippen LogP contribution in [0.4, 0.5) is 0 Å². The third kappa shape index (κ3) is 10.8. The normalized spacial score (nSPS) is 11.9. The molecule has 0 aliphatic rings. The molecule has 4 aromatic carbocycles. The largest absolute Gasteiger partial charge is 0.195 e. The molecule has 0 spiro atoms. The monoisotopic (exact) mass is 738 g/mol. The fourth-order valence-electron chi connectivity index (χ4n) is 4.40. The first-order chi connectivity index (χ1) is 17.5. The van der Waals surface area contributed by atoms with Gasteiger partial charge in [-0.3, -0.25) is 0 Å². The molecule has 0 aromatic heterocycles. The summed E-state index contributed by atoms with van der Waals surface area (Å²) in [7, 11) is 5.80. The number of hydrogen-bond acceptors (Lipinski definition) is 0. The van der Waals surface area contributed by atoms with Gasteiger partial charge in [0, 0.05) is 0 Å². The predicted molar refractivity (Wildman–Crippen MR) is 181 cm³/mol. The predicted octanol–water partition coefficient (Wildman–Crippen LogP) is 5.60. The van der Waals surface area contributed by atoms with E-state index in [-0.39, 0.29) is 0 Å². The second-order valence-electron chi connectivity index (χ2n) is 10.9. The van der Waals surface area contributed by atoms with Crippen molar-refractivity contribution in [2.24, 2.45) is 0 Å². The molecule has 4 aromatic rings. The summed E-state index contributed by atoms with van der Waals surface area (Å²) in [6, 6.07) is 43.5. The minimum atomic E-state index is -1.22. The molecule has 197 valence electrons. The van der Waals surface area contributed by atoms with E-state index >= 15 is 0 Å². The summed E-state index contributed by atoms with van der Waals surface area (Å²) in [5.41, 5.74) is 5.36. The second kappa shape index (κ2) is 15.3. The third-order valence-electron chi connectivity index (χ3n) is 5.96. The Hall–Kier alpha value is -1.33.